The predicted octanol–water partition coefficient (Wildman–Crippen LogP) is 5.72. The standard InChI is InChI=1S/C23H26ClF3N2O4/c1-31-19-10-16(11-20(12-19)32-2)15-4-3-9-29(13-15)14-21(23(25,26)27)33-22(30)28-18-7-5-17(24)6-8-18/h5-8,10-12,15,21H,3-4,9,13-14H2,1-2H3,(H,28,30). The van der Waals surface area contributed by atoms with E-state index in [4.69, 9.17) is 25.8 Å². The highest BCUT2D eigenvalue weighted by atomic mass is 35.5. The Kier molecular flexibility index (Phi) is 8.31. The molecule has 0 bridgehead atoms. The van der Waals surface area contributed by atoms with Gasteiger partial charge in [0.15, 0.2) is 0 Å². The lowest BCUT2D eigenvalue weighted by atomic mass is 9.90. The van der Waals surface area contributed by atoms with E-state index >= 15 is 0 Å². The molecule has 10 heteroatoms. The molecule has 0 aliphatic carbocycles. The van der Waals surface area contributed by atoms with Gasteiger partial charge in [0.05, 0.1) is 14.2 Å². The second kappa shape index (κ2) is 11.0. The van der Waals surface area contributed by atoms with Crippen LogP contribution >= 0.6 is 11.6 Å². The lowest BCUT2D eigenvalue weighted by Crippen LogP contribution is -2.47. The Hall–Kier alpha value is -2.65. The molecule has 1 heterocycles. The van der Waals surface area contributed by atoms with Gasteiger partial charge in [-0.05, 0) is 67.3 Å². The maximum Gasteiger partial charge on any atom is 0.426 e. The van der Waals surface area contributed by atoms with Gasteiger partial charge >= 0.3 is 12.3 Å². The monoisotopic (exact) mass is 486 g/mol. The summed E-state index contributed by atoms with van der Waals surface area (Å²) in [6.07, 6.45) is -6.61. The van der Waals surface area contributed by atoms with Crippen molar-refractivity contribution < 1.29 is 32.2 Å². The minimum Gasteiger partial charge on any atom is -0.497 e. The molecule has 2 aromatic rings. The van der Waals surface area contributed by atoms with Gasteiger partial charge < -0.3 is 14.2 Å². The van der Waals surface area contributed by atoms with Gasteiger partial charge in [0, 0.05) is 29.9 Å². The number of alkyl halides is 3. The predicted molar refractivity (Wildman–Crippen MR) is 119 cm³/mol. The summed E-state index contributed by atoms with van der Waals surface area (Å²) in [5.41, 5.74) is 1.22. The van der Waals surface area contributed by atoms with Crippen LogP contribution in [-0.4, -0.2) is 57.1 Å². The second-order valence-electron chi connectivity index (χ2n) is 7.81. The topological polar surface area (TPSA) is 60.0 Å². The van der Waals surface area contributed by atoms with E-state index in [1.807, 2.05) is 12.1 Å². The Labute approximate surface area is 195 Å². The van der Waals surface area contributed by atoms with Crippen LogP contribution in [0.4, 0.5) is 23.7 Å². The van der Waals surface area contributed by atoms with Crippen molar-refractivity contribution in [2.75, 3.05) is 39.2 Å². The number of benzene rings is 2. The molecule has 1 amide bonds. The molecular formula is C23H26ClF3N2O4. The summed E-state index contributed by atoms with van der Waals surface area (Å²) in [6, 6.07) is 11.5. The van der Waals surface area contributed by atoms with E-state index in [2.05, 4.69) is 5.32 Å². The highest BCUT2D eigenvalue weighted by Crippen LogP contribution is 2.34. The van der Waals surface area contributed by atoms with Crippen LogP contribution in [0.15, 0.2) is 42.5 Å². The van der Waals surface area contributed by atoms with Crippen molar-refractivity contribution in [2.45, 2.75) is 31.0 Å². The fourth-order valence-corrected chi connectivity index (χ4v) is 3.94. The number of hydrogen-bond donors (Lipinski definition) is 1. The Morgan fingerprint density at radius 2 is 1.79 bits per heavy atom. The lowest BCUT2D eigenvalue weighted by molar-refractivity contribution is -0.207. The van der Waals surface area contributed by atoms with Gasteiger partial charge in [-0.2, -0.15) is 13.2 Å². The number of rotatable bonds is 7. The summed E-state index contributed by atoms with van der Waals surface area (Å²) in [6.45, 7) is 0.423. The number of methoxy groups -OCH3 is 2. The van der Waals surface area contributed by atoms with Gasteiger partial charge in [-0.3, -0.25) is 10.2 Å². The van der Waals surface area contributed by atoms with E-state index in [1.165, 1.54) is 24.3 Å². The number of nitrogens with one attached hydrogen (secondary N) is 1. The fourth-order valence-electron chi connectivity index (χ4n) is 3.81. The van der Waals surface area contributed by atoms with Crippen molar-refractivity contribution in [1.29, 1.82) is 0 Å². The second-order valence-corrected chi connectivity index (χ2v) is 8.25. The van der Waals surface area contributed by atoms with Gasteiger partial charge in [-0.1, -0.05) is 11.6 Å². The van der Waals surface area contributed by atoms with Crippen LogP contribution in [0.2, 0.25) is 5.02 Å². The Morgan fingerprint density at radius 1 is 1.15 bits per heavy atom. The number of nitrogens with zero attached hydrogens (tertiary/aromatic N) is 1. The summed E-state index contributed by atoms with van der Waals surface area (Å²) in [5.74, 6) is 1.24. The van der Waals surface area contributed by atoms with E-state index in [9.17, 15) is 18.0 Å². The van der Waals surface area contributed by atoms with Crippen LogP contribution < -0.4 is 14.8 Å². The Balaban J connectivity index is 1.66. The van der Waals surface area contributed by atoms with Gasteiger partial charge in [-0.15, -0.1) is 0 Å². The molecule has 0 saturated carbocycles. The molecule has 0 aromatic heterocycles. The van der Waals surface area contributed by atoms with Crippen LogP contribution in [0.5, 0.6) is 11.5 Å². The number of carbonyl (C=O) groups excluding carboxylic acids is 1. The third kappa shape index (κ3) is 7.17. The normalized spacial score (nSPS) is 17.8. The smallest absolute Gasteiger partial charge is 0.426 e. The first-order chi connectivity index (χ1) is 15.7. The average molecular weight is 487 g/mol. The van der Waals surface area contributed by atoms with Crippen LogP contribution in [0.25, 0.3) is 0 Å². The third-order valence-electron chi connectivity index (χ3n) is 5.48. The molecule has 1 saturated heterocycles. The minimum atomic E-state index is -4.70. The molecule has 6 nitrogen and oxygen atoms in total. The van der Waals surface area contributed by atoms with Crippen molar-refractivity contribution in [2.24, 2.45) is 0 Å². The fraction of sp³-hybridized carbons (Fsp3) is 0.435. The molecule has 33 heavy (non-hydrogen) atoms. The maximum atomic E-state index is 13.7. The first kappa shape index (κ1) is 25.0. The number of hydrogen-bond acceptors (Lipinski definition) is 5. The largest absolute Gasteiger partial charge is 0.497 e. The van der Waals surface area contributed by atoms with Crippen LogP contribution in [0, 0.1) is 0 Å². The van der Waals surface area contributed by atoms with Crippen molar-refractivity contribution in [3.05, 3.63) is 53.1 Å². The minimum absolute atomic E-state index is 0.000438. The van der Waals surface area contributed by atoms with Gasteiger partial charge in [0.25, 0.3) is 0 Å². The molecule has 1 aliphatic heterocycles. The van der Waals surface area contributed by atoms with Gasteiger partial charge in [0.2, 0.25) is 6.10 Å². The van der Waals surface area contributed by atoms with E-state index in [-0.39, 0.29) is 11.6 Å². The first-order valence-corrected chi connectivity index (χ1v) is 10.8. The highest BCUT2D eigenvalue weighted by molar-refractivity contribution is 6.30. The van der Waals surface area contributed by atoms with Crippen molar-refractivity contribution >= 4 is 23.4 Å². The van der Waals surface area contributed by atoms with Gasteiger partial charge in [0.1, 0.15) is 11.5 Å². The van der Waals surface area contributed by atoms with Gasteiger partial charge in [-0.25, -0.2) is 4.79 Å². The molecule has 180 valence electrons. The molecule has 2 unspecified atom stereocenters. The van der Waals surface area contributed by atoms with E-state index < -0.39 is 24.9 Å². The number of amides is 1. The van der Waals surface area contributed by atoms with E-state index in [0.717, 1.165) is 12.0 Å². The molecule has 1 N–H and O–H groups in total. The third-order valence-corrected chi connectivity index (χ3v) is 5.73. The summed E-state index contributed by atoms with van der Waals surface area (Å²) in [5, 5.41) is 2.74. The number of ether oxygens (including phenoxy) is 3. The van der Waals surface area contributed by atoms with E-state index in [0.29, 0.717) is 36.0 Å². The van der Waals surface area contributed by atoms with Crippen LogP contribution in [0.3, 0.4) is 0 Å². The van der Waals surface area contributed by atoms with Crippen LogP contribution in [0.1, 0.15) is 24.3 Å². The zero-order valence-electron chi connectivity index (χ0n) is 18.3. The summed E-state index contributed by atoms with van der Waals surface area (Å²) in [4.78, 5) is 13.8. The van der Waals surface area contributed by atoms with Crippen LogP contribution in [-0.2, 0) is 4.74 Å². The molecule has 1 aliphatic rings. The number of carbonyl (C=O) groups is 1. The summed E-state index contributed by atoms with van der Waals surface area (Å²) < 4.78 is 56.4. The highest BCUT2D eigenvalue weighted by Gasteiger charge is 2.44. The average Bonchev–Trinajstić information content (AvgIpc) is 2.79. The molecule has 0 spiro atoms. The molecule has 2 atom stereocenters. The maximum absolute atomic E-state index is 13.7. The molecule has 1 fully saturated rings. The van der Waals surface area contributed by atoms with Crippen molar-refractivity contribution in [1.82, 2.24) is 4.90 Å². The quantitative estimate of drug-likeness (QED) is 0.542. The first-order valence-electron chi connectivity index (χ1n) is 10.4. The summed E-state index contributed by atoms with van der Waals surface area (Å²) >= 11 is 5.78. The van der Waals surface area contributed by atoms with E-state index in [1.54, 1.807) is 25.2 Å². The molecule has 2 aromatic carbocycles. The molecule has 0 radical (unpaired) electrons. The SMILES string of the molecule is COc1cc(OC)cc(C2CCCN(CC(OC(=O)Nc3ccc(Cl)cc3)C(F)(F)F)C2)c1. The zero-order valence-corrected chi connectivity index (χ0v) is 19.1. The number of likely N-dealkylation sites (tertiary alicyclic amines) is 1. The van der Waals surface area contributed by atoms with Crippen molar-refractivity contribution in [3.8, 4) is 11.5 Å². The molecule has 3 rings (SSSR count). The molecular weight excluding hydrogens is 461 g/mol. The number of piperidine rings is 1. The van der Waals surface area contributed by atoms with Crippen molar-refractivity contribution in [3.63, 3.8) is 0 Å². The zero-order chi connectivity index (χ0) is 24.0. The summed E-state index contributed by atoms with van der Waals surface area (Å²) in [7, 11) is 3.10. The number of anilines is 1. The Bertz CT molecular complexity index is 918. The lowest BCUT2D eigenvalue weighted by Gasteiger charge is -2.35. The Morgan fingerprint density at radius 3 is 2.36 bits per heavy atom. The number of halogens is 4.